The smallest absolute Gasteiger partial charge is 0.262 e. The largest absolute Gasteiger partial charge is 0.325 e. The first-order chi connectivity index (χ1) is 12.5. The van der Waals surface area contributed by atoms with Crippen molar-refractivity contribution in [1.29, 1.82) is 0 Å². The minimum Gasteiger partial charge on any atom is -0.325 e. The van der Waals surface area contributed by atoms with Crippen LogP contribution in [-0.2, 0) is 11.3 Å². The van der Waals surface area contributed by atoms with E-state index in [1.807, 2.05) is 44.2 Å². The van der Waals surface area contributed by atoms with E-state index in [-0.39, 0.29) is 17.2 Å². The molecule has 1 aromatic heterocycles. The van der Waals surface area contributed by atoms with Crippen LogP contribution in [0.3, 0.4) is 0 Å². The highest BCUT2D eigenvalue weighted by molar-refractivity contribution is 9.10. The molecule has 1 heterocycles. The molecule has 0 fully saturated rings. The highest BCUT2D eigenvalue weighted by Gasteiger charge is 2.13. The van der Waals surface area contributed by atoms with Crippen molar-refractivity contribution in [3.63, 3.8) is 0 Å². The van der Waals surface area contributed by atoms with Crippen molar-refractivity contribution >= 4 is 50.2 Å². The van der Waals surface area contributed by atoms with Crippen LogP contribution >= 0.6 is 27.7 Å². The maximum Gasteiger partial charge on any atom is 0.262 e. The minimum absolute atomic E-state index is 0.0970. The lowest BCUT2D eigenvalue weighted by molar-refractivity contribution is -0.113. The third-order valence-electron chi connectivity index (χ3n) is 3.87. The summed E-state index contributed by atoms with van der Waals surface area (Å²) in [6, 6.07) is 13.1. The van der Waals surface area contributed by atoms with Gasteiger partial charge in [-0.25, -0.2) is 4.98 Å². The number of nitrogens with zero attached hydrogens (tertiary/aromatic N) is 2. The SMILES string of the molecule is CCn1c(SCC(=O)Nc2ccc(C)cc2)nc2ccc(Br)cc2c1=O. The van der Waals surface area contributed by atoms with Crippen molar-refractivity contribution in [2.45, 2.75) is 25.5 Å². The van der Waals surface area contributed by atoms with Gasteiger partial charge in [0.05, 0.1) is 16.7 Å². The number of aromatic nitrogens is 2. The van der Waals surface area contributed by atoms with Gasteiger partial charge in [0.25, 0.3) is 5.56 Å². The lowest BCUT2D eigenvalue weighted by Gasteiger charge is -2.11. The number of anilines is 1. The molecular weight excluding hydrogens is 414 g/mol. The summed E-state index contributed by atoms with van der Waals surface area (Å²) in [7, 11) is 0. The summed E-state index contributed by atoms with van der Waals surface area (Å²) >= 11 is 4.65. The number of amides is 1. The zero-order valence-electron chi connectivity index (χ0n) is 14.5. The number of thioether (sulfide) groups is 1. The average Bonchev–Trinajstić information content (AvgIpc) is 2.62. The van der Waals surface area contributed by atoms with E-state index in [2.05, 4.69) is 26.2 Å². The van der Waals surface area contributed by atoms with Crippen molar-refractivity contribution in [3.8, 4) is 0 Å². The van der Waals surface area contributed by atoms with Crippen LogP contribution in [0.15, 0.2) is 56.9 Å². The molecule has 134 valence electrons. The summed E-state index contributed by atoms with van der Waals surface area (Å²) in [5, 5.41) is 3.97. The molecule has 1 amide bonds. The molecule has 2 aromatic carbocycles. The van der Waals surface area contributed by atoms with E-state index in [0.29, 0.717) is 22.6 Å². The molecule has 0 saturated heterocycles. The zero-order chi connectivity index (χ0) is 18.7. The van der Waals surface area contributed by atoms with Crippen molar-refractivity contribution in [3.05, 3.63) is 62.9 Å². The van der Waals surface area contributed by atoms with E-state index in [1.165, 1.54) is 11.8 Å². The Kier molecular flexibility index (Phi) is 5.78. The van der Waals surface area contributed by atoms with Gasteiger partial charge in [0.2, 0.25) is 5.91 Å². The number of nitrogens with one attached hydrogen (secondary N) is 1. The van der Waals surface area contributed by atoms with Crippen LogP contribution < -0.4 is 10.9 Å². The number of hydrogen-bond acceptors (Lipinski definition) is 4. The molecule has 3 aromatic rings. The van der Waals surface area contributed by atoms with Gasteiger partial charge in [-0.05, 0) is 44.2 Å². The Morgan fingerprint density at radius 2 is 1.96 bits per heavy atom. The number of hydrogen-bond donors (Lipinski definition) is 1. The fourth-order valence-electron chi connectivity index (χ4n) is 2.53. The number of carbonyl (C=O) groups is 1. The van der Waals surface area contributed by atoms with Crippen LogP contribution in [-0.4, -0.2) is 21.2 Å². The maximum atomic E-state index is 12.7. The highest BCUT2D eigenvalue weighted by Crippen LogP contribution is 2.21. The predicted octanol–water partition coefficient (Wildman–Crippen LogP) is 4.22. The van der Waals surface area contributed by atoms with Crippen LogP contribution in [0.25, 0.3) is 10.9 Å². The molecular formula is C19H18BrN3O2S. The van der Waals surface area contributed by atoms with Crippen molar-refractivity contribution < 1.29 is 4.79 Å². The van der Waals surface area contributed by atoms with Crippen molar-refractivity contribution in [2.24, 2.45) is 0 Å². The van der Waals surface area contributed by atoms with E-state index in [0.717, 1.165) is 15.7 Å². The summed E-state index contributed by atoms with van der Waals surface area (Å²) in [5.74, 6) is 0.0502. The zero-order valence-corrected chi connectivity index (χ0v) is 16.9. The number of rotatable bonds is 5. The van der Waals surface area contributed by atoms with E-state index >= 15 is 0 Å². The van der Waals surface area contributed by atoms with Gasteiger partial charge in [-0.3, -0.25) is 14.2 Å². The Morgan fingerprint density at radius 1 is 1.23 bits per heavy atom. The lowest BCUT2D eigenvalue weighted by atomic mass is 10.2. The second kappa shape index (κ2) is 8.05. The summed E-state index contributed by atoms with van der Waals surface area (Å²) in [6.07, 6.45) is 0. The fourth-order valence-corrected chi connectivity index (χ4v) is 3.75. The molecule has 7 heteroatoms. The molecule has 0 atom stereocenters. The molecule has 0 aliphatic carbocycles. The quantitative estimate of drug-likeness (QED) is 0.485. The summed E-state index contributed by atoms with van der Waals surface area (Å²) in [6.45, 7) is 4.38. The first-order valence-electron chi connectivity index (χ1n) is 8.17. The summed E-state index contributed by atoms with van der Waals surface area (Å²) < 4.78 is 2.43. The topological polar surface area (TPSA) is 64.0 Å². The summed E-state index contributed by atoms with van der Waals surface area (Å²) in [5.41, 5.74) is 2.42. The molecule has 0 aliphatic heterocycles. The van der Waals surface area contributed by atoms with Crippen molar-refractivity contribution in [1.82, 2.24) is 9.55 Å². The van der Waals surface area contributed by atoms with Crippen LogP contribution in [0, 0.1) is 6.92 Å². The third-order valence-corrected chi connectivity index (χ3v) is 5.33. The van der Waals surface area contributed by atoms with Gasteiger partial charge in [0.1, 0.15) is 0 Å². The van der Waals surface area contributed by atoms with Gasteiger partial charge in [-0.15, -0.1) is 0 Å². The van der Waals surface area contributed by atoms with Gasteiger partial charge >= 0.3 is 0 Å². The van der Waals surface area contributed by atoms with Gasteiger partial charge < -0.3 is 5.32 Å². The Labute approximate surface area is 164 Å². The fraction of sp³-hybridized carbons (Fsp3) is 0.211. The van der Waals surface area contributed by atoms with Crippen LogP contribution in [0.1, 0.15) is 12.5 Å². The Hall–Kier alpha value is -2.12. The second-order valence-electron chi connectivity index (χ2n) is 5.81. The summed E-state index contributed by atoms with van der Waals surface area (Å²) in [4.78, 5) is 29.5. The standard InChI is InChI=1S/C19H18BrN3O2S/c1-3-23-18(25)15-10-13(20)6-9-16(15)22-19(23)26-11-17(24)21-14-7-4-12(2)5-8-14/h4-10H,3,11H2,1-2H3,(H,21,24). The van der Waals surface area contributed by atoms with E-state index in [9.17, 15) is 9.59 Å². The molecule has 5 nitrogen and oxygen atoms in total. The number of aryl methyl sites for hydroxylation is 1. The predicted molar refractivity (Wildman–Crippen MR) is 110 cm³/mol. The molecule has 0 bridgehead atoms. The average molecular weight is 432 g/mol. The molecule has 0 aliphatic rings. The number of carbonyl (C=O) groups excluding carboxylic acids is 1. The lowest BCUT2D eigenvalue weighted by Crippen LogP contribution is -2.23. The Bertz CT molecular complexity index is 1020. The number of fused-ring (bicyclic) bond motifs is 1. The minimum atomic E-state index is -0.133. The van der Waals surface area contributed by atoms with Gasteiger partial charge in [-0.2, -0.15) is 0 Å². The maximum absolute atomic E-state index is 12.7. The molecule has 26 heavy (non-hydrogen) atoms. The van der Waals surface area contributed by atoms with E-state index in [4.69, 9.17) is 0 Å². The van der Waals surface area contributed by atoms with Gasteiger partial charge in [-0.1, -0.05) is 45.4 Å². The van der Waals surface area contributed by atoms with E-state index in [1.54, 1.807) is 16.7 Å². The molecule has 0 radical (unpaired) electrons. The molecule has 0 unspecified atom stereocenters. The van der Waals surface area contributed by atoms with Crippen molar-refractivity contribution in [2.75, 3.05) is 11.1 Å². The van der Waals surface area contributed by atoms with Gasteiger partial charge in [0.15, 0.2) is 5.16 Å². The highest BCUT2D eigenvalue weighted by atomic mass is 79.9. The first-order valence-corrected chi connectivity index (χ1v) is 9.95. The Balaban J connectivity index is 1.79. The number of benzene rings is 2. The molecule has 0 spiro atoms. The van der Waals surface area contributed by atoms with Crippen LogP contribution in [0.2, 0.25) is 0 Å². The first kappa shape index (κ1) is 18.7. The molecule has 0 saturated carbocycles. The Morgan fingerprint density at radius 3 is 2.65 bits per heavy atom. The van der Waals surface area contributed by atoms with Crippen LogP contribution in [0.5, 0.6) is 0 Å². The number of halogens is 1. The molecule has 3 rings (SSSR count). The van der Waals surface area contributed by atoms with Gasteiger partial charge in [0, 0.05) is 16.7 Å². The monoisotopic (exact) mass is 431 g/mol. The van der Waals surface area contributed by atoms with Crippen LogP contribution in [0.4, 0.5) is 5.69 Å². The second-order valence-corrected chi connectivity index (χ2v) is 7.67. The molecule has 1 N–H and O–H groups in total. The van der Waals surface area contributed by atoms with E-state index < -0.39 is 0 Å². The normalized spacial score (nSPS) is 10.9. The third kappa shape index (κ3) is 4.16.